The van der Waals surface area contributed by atoms with E-state index < -0.39 is 28.7 Å². The second kappa shape index (κ2) is 12.3. The van der Waals surface area contributed by atoms with Gasteiger partial charge in [0.2, 0.25) is 10.0 Å². The molecule has 0 radical (unpaired) electrons. The average Bonchev–Trinajstić information content (AvgIpc) is 2.92. The van der Waals surface area contributed by atoms with Gasteiger partial charge in [-0.2, -0.15) is 4.31 Å². The Kier molecular flexibility index (Phi) is 9.12. The Morgan fingerprint density at radius 1 is 1.13 bits per heavy atom. The van der Waals surface area contributed by atoms with Crippen molar-refractivity contribution < 1.29 is 27.8 Å². The number of halogens is 1. The Labute approximate surface area is 234 Å². The van der Waals surface area contributed by atoms with E-state index in [2.05, 4.69) is 6.58 Å². The third-order valence-corrected chi connectivity index (χ3v) is 9.00. The second-order valence-electron chi connectivity index (χ2n) is 9.82. The highest BCUT2D eigenvalue weighted by molar-refractivity contribution is 7.89. The van der Waals surface area contributed by atoms with Crippen LogP contribution in [0.2, 0.25) is 5.02 Å². The Morgan fingerprint density at radius 3 is 2.46 bits per heavy atom. The number of hydrogen-bond acceptors (Lipinski definition) is 5. The van der Waals surface area contributed by atoms with Crippen LogP contribution in [0.3, 0.4) is 0 Å². The van der Waals surface area contributed by atoms with Gasteiger partial charge in [-0.25, -0.2) is 13.2 Å². The first-order valence-electron chi connectivity index (χ1n) is 12.6. The van der Waals surface area contributed by atoms with Gasteiger partial charge in [-0.15, -0.1) is 0 Å². The zero-order valence-electron chi connectivity index (χ0n) is 21.9. The molecule has 0 bridgehead atoms. The van der Waals surface area contributed by atoms with Crippen LogP contribution in [0.25, 0.3) is 0 Å². The van der Waals surface area contributed by atoms with Crippen molar-refractivity contribution in [2.75, 3.05) is 20.3 Å². The van der Waals surface area contributed by atoms with E-state index in [9.17, 15) is 18.3 Å². The van der Waals surface area contributed by atoms with Gasteiger partial charge in [0.15, 0.2) is 6.61 Å². The number of nitrogens with zero attached hydrogens (tertiary/aromatic N) is 1. The van der Waals surface area contributed by atoms with E-state index in [-0.39, 0.29) is 29.0 Å². The van der Waals surface area contributed by atoms with E-state index in [1.165, 1.54) is 29.6 Å². The second-order valence-corrected chi connectivity index (χ2v) is 12.3. The van der Waals surface area contributed by atoms with Gasteiger partial charge in [-0.1, -0.05) is 66.2 Å². The minimum atomic E-state index is -3.87. The topological polar surface area (TPSA) is 93.1 Å². The Bertz CT molecular complexity index is 1430. The van der Waals surface area contributed by atoms with Gasteiger partial charge < -0.3 is 14.6 Å². The van der Waals surface area contributed by atoms with Crippen molar-refractivity contribution in [3.05, 3.63) is 107 Å². The number of ether oxygens (including phenoxy) is 2. The maximum Gasteiger partial charge on any atom is 0.341 e. The Hall–Kier alpha value is -3.17. The van der Waals surface area contributed by atoms with E-state index in [1.807, 2.05) is 61.5 Å². The van der Waals surface area contributed by atoms with Gasteiger partial charge in [0.1, 0.15) is 5.75 Å². The predicted octanol–water partition coefficient (Wildman–Crippen LogP) is 6.06. The normalized spacial score (nSPS) is 19.5. The molecular weight excluding hydrogens is 538 g/mol. The summed E-state index contributed by atoms with van der Waals surface area (Å²) >= 11 is 6.07. The SMILES string of the molecule is C=C(C)[C@@H]1C[C@H](c2ccc(Cl)cc2)CO[C@H]1c1cc(S(=O)(=O)N(C)Cc2ccccc2)ccc1OCC(=O)O. The molecule has 0 aliphatic carbocycles. The van der Waals surface area contributed by atoms with Gasteiger partial charge in [0.25, 0.3) is 0 Å². The molecule has 0 amide bonds. The van der Waals surface area contributed by atoms with Crippen LogP contribution in [0.4, 0.5) is 0 Å². The fourth-order valence-electron chi connectivity index (χ4n) is 4.85. The van der Waals surface area contributed by atoms with Crippen molar-refractivity contribution in [1.82, 2.24) is 4.31 Å². The van der Waals surface area contributed by atoms with E-state index in [0.29, 0.717) is 23.6 Å². The lowest BCUT2D eigenvalue weighted by atomic mass is 9.78. The number of benzene rings is 3. The number of sulfonamides is 1. The fraction of sp³-hybridized carbons (Fsp3) is 0.300. The molecule has 7 nitrogen and oxygen atoms in total. The Morgan fingerprint density at radius 2 is 1.82 bits per heavy atom. The minimum absolute atomic E-state index is 0.0718. The van der Waals surface area contributed by atoms with E-state index in [0.717, 1.165) is 16.7 Å². The number of aliphatic carboxylic acids is 1. The number of rotatable bonds is 10. The summed E-state index contributed by atoms with van der Waals surface area (Å²) in [5, 5.41) is 9.86. The van der Waals surface area contributed by atoms with Crippen molar-refractivity contribution in [3.63, 3.8) is 0 Å². The summed E-state index contributed by atoms with van der Waals surface area (Å²) in [5.41, 5.74) is 3.30. The highest BCUT2D eigenvalue weighted by Gasteiger charge is 2.36. The monoisotopic (exact) mass is 569 g/mol. The zero-order chi connectivity index (χ0) is 28.2. The molecular formula is C30H32ClNO6S. The molecule has 9 heteroatoms. The standard InChI is InChI=1S/C30H32ClNO6S/c1-20(2)26-15-23(22-9-11-24(31)12-10-22)18-38-30(26)27-16-25(13-14-28(27)37-19-29(33)34)39(35,36)32(3)17-21-7-5-4-6-8-21/h4-14,16,23,26,30H,1,15,17-19H2,2-3H3,(H,33,34)/t23-,26-,30+/m0/s1. The molecule has 1 aliphatic rings. The molecule has 3 atom stereocenters. The summed E-state index contributed by atoms with van der Waals surface area (Å²) in [7, 11) is -2.34. The van der Waals surface area contributed by atoms with Gasteiger partial charge in [-0.05, 0) is 54.8 Å². The van der Waals surface area contributed by atoms with Gasteiger partial charge in [-0.3, -0.25) is 0 Å². The molecule has 3 aromatic rings. The van der Waals surface area contributed by atoms with E-state index in [4.69, 9.17) is 21.1 Å². The summed E-state index contributed by atoms with van der Waals surface area (Å²) in [6.45, 7) is 6.12. The quantitative estimate of drug-likeness (QED) is 0.298. The third kappa shape index (κ3) is 6.89. The highest BCUT2D eigenvalue weighted by atomic mass is 35.5. The summed E-state index contributed by atoms with van der Waals surface area (Å²) < 4.78 is 40.4. The van der Waals surface area contributed by atoms with Crippen molar-refractivity contribution >= 4 is 27.6 Å². The molecule has 206 valence electrons. The van der Waals surface area contributed by atoms with Crippen LogP contribution in [0.15, 0.2) is 89.8 Å². The molecule has 0 saturated carbocycles. The van der Waals surface area contributed by atoms with Crippen LogP contribution in [0.5, 0.6) is 5.75 Å². The van der Waals surface area contributed by atoms with Crippen LogP contribution in [-0.2, 0) is 26.1 Å². The first-order chi connectivity index (χ1) is 18.6. The van der Waals surface area contributed by atoms with Crippen molar-refractivity contribution in [2.24, 2.45) is 5.92 Å². The molecule has 1 saturated heterocycles. The fourth-order valence-corrected chi connectivity index (χ4v) is 6.17. The van der Waals surface area contributed by atoms with E-state index >= 15 is 0 Å². The number of hydrogen-bond donors (Lipinski definition) is 1. The smallest absolute Gasteiger partial charge is 0.341 e. The summed E-state index contributed by atoms with van der Waals surface area (Å²) in [6.07, 6.45) is 0.148. The number of carboxylic acid groups (broad SMARTS) is 1. The lowest BCUT2D eigenvalue weighted by molar-refractivity contribution is -0.139. The van der Waals surface area contributed by atoms with Crippen LogP contribution in [0.1, 0.15) is 42.1 Å². The molecule has 1 N–H and O–H groups in total. The first kappa shape index (κ1) is 28.8. The minimum Gasteiger partial charge on any atom is -0.482 e. The van der Waals surface area contributed by atoms with Crippen LogP contribution < -0.4 is 4.74 Å². The lowest BCUT2D eigenvalue weighted by Gasteiger charge is -2.38. The predicted molar refractivity (Wildman–Crippen MR) is 150 cm³/mol. The molecule has 39 heavy (non-hydrogen) atoms. The number of carboxylic acids is 1. The number of carbonyl (C=O) groups is 1. The molecule has 0 aromatic heterocycles. The highest BCUT2D eigenvalue weighted by Crippen LogP contribution is 2.46. The Balaban J connectivity index is 1.68. The molecule has 1 heterocycles. The summed E-state index contributed by atoms with van der Waals surface area (Å²) in [5.74, 6) is -0.938. The molecule has 1 aliphatic heterocycles. The van der Waals surface area contributed by atoms with Gasteiger partial charge in [0, 0.05) is 36.0 Å². The third-order valence-electron chi connectivity index (χ3n) is 6.95. The lowest BCUT2D eigenvalue weighted by Crippen LogP contribution is -2.30. The first-order valence-corrected chi connectivity index (χ1v) is 14.4. The van der Waals surface area contributed by atoms with Crippen molar-refractivity contribution in [2.45, 2.75) is 36.8 Å². The van der Waals surface area contributed by atoms with Crippen LogP contribution in [-0.4, -0.2) is 44.1 Å². The molecule has 0 spiro atoms. The molecule has 1 fully saturated rings. The van der Waals surface area contributed by atoms with E-state index in [1.54, 1.807) is 0 Å². The largest absolute Gasteiger partial charge is 0.482 e. The van der Waals surface area contributed by atoms with Gasteiger partial charge in [0.05, 0.1) is 17.6 Å². The average molecular weight is 570 g/mol. The summed E-state index contributed by atoms with van der Waals surface area (Å²) in [4.78, 5) is 11.3. The molecule has 3 aromatic carbocycles. The summed E-state index contributed by atoms with van der Waals surface area (Å²) in [6, 6.07) is 21.4. The van der Waals surface area contributed by atoms with Crippen LogP contribution >= 0.6 is 11.6 Å². The zero-order valence-corrected chi connectivity index (χ0v) is 23.5. The molecule has 0 unspecified atom stereocenters. The molecule has 4 rings (SSSR count). The maximum atomic E-state index is 13.6. The maximum absolute atomic E-state index is 13.6. The van der Waals surface area contributed by atoms with Crippen LogP contribution in [0, 0.1) is 5.92 Å². The van der Waals surface area contributed by atoms with Crippen molar-refractivity contribution in [1.29, 1.82) is 0 Å². The van der Waals surface area contributed by atoms with Gasteiger partial charge >= 0.3 is 5.97 Å². The van der Waals surface area contributed by atoms with Crippen molar-refractivity contribution in [3.8, 4) is 5.75 Å².